The van der Waals surface area contributed by atoms with Gasteiger partial charge in [-0.05, 0) is 37.5 Å². The second kappa shape index (κ2) is 6.30. The molecular formula is C18H19N5O2S. The highest BCUT2D eigenvalue weighted by Crippen LogP contribution is 2.17. The van der Waals surface area contributed by atoms with E-state index in [4.69, 9.17) is 33.1 Å². The molecule has 0 saturated carbocycles. The molecule has 0 bridgehead atoms. The predicted molar refractivity (Wildman–Crippen MR) is 102 cm³/mol. The van der Waals surface area contributed by atoms with Crippen LogP contribution in [0.4, 0.5) is 0 Å². The van der Waals surface area contributed by atoms with Crippen molar-refractivity contribution in [3.8, 4) is 0 Å². The molecule has 134 valence electrons. The summed E-state index contributed by atoms with van der Waals surface area (Å²) in [5, 5.41) is 8.94. The van der Waals surface area contributed by atoms with Gasteiger partial charge in [0.2, 0.25) is 0 Å². The molecule has 0 aliphatic carbocycles. The number of thiocarbonyl (C=S) groups is 1. The van der Waals surface area contributed by atoms with Gasteiger partial charge in [0.25, 0.3) is 5.56 Å². The van der Waals surface area contributed by atoms with E-state index in [1.165, 1.54) is 4.40 Å². The van der Waals surface area contributed by atoms with Gasteiger partial charge < -0.3 is 15.0 Å². The van der Waals surface area contributed by atoms with Crippen LogP contribution in [0, 0.1) is 12.3 Å². The van der Waals surface area contributed by atoms with Crippen molar-refractivity contribution in [3.63, 3.8) is 0 Å². The fourth-order valence-electron chi connectivity index (χ4n) is 3.45. The summed E-state index contributed by atoms with van der Waals surface area (Å²) >= 11 is 5.10. The molecule has 1 saturated heterocycles. The van der Waals surface area contributed by atoms with E-state index in [0.717, 1.165) is 18.4 Å². The van der Waals surface area contributed by atoms with Crippen LogP contribution >= 0.6 is 12.2 Å². The van der Waals surface area contributed by atoms with E-state index in [1.807, 2.05) is 19.1 Å². The standard InChI is InChI=1S/C18H19N5O2S/c1-10-4-2-6-22-16(10)21-17-13(18(22)24)8-12(15(20)26)14(19)23(17)9-11-5-3-7-25-11/h2,4,6,8,11,19H,3,5,7,9H2,1H3,(H2,20,26). The summed E-state index contributed by atoms with van der Waals surface area (Å²) in [6.45, 7) is 3.06. The first kappa shape index (κ1) is 16.9. The molecule has 7 nitrogen and oxygen atoms in total. The third-order valence-electron chi connectivity index (χ3n) is 4.81. The second-order valence-electron chi connectivity index (χ2n) is 6.56. The number of aryl methyl sites for hydroxylation is 1. The van der Waals surface area contributed by atoms with Gasteiger partial charge in [-0.15, -0.1) is 0 Å². The lowest BCUT2D eigenvalue weighted by Gasteiger charge is -2.17. The second-order valence-corrected chi connectivity index (χ2v) is 7.00. The molecule has 0 amide bonds. The van der Waals surface area contributed by atoms with E-state index in [0.29, 0.717) is 35.4 Å². The molecular weight excluding hydrogens is 350 g/mol. The van der Waals surface area contributed by atoms with Crippen LogP contribution < -0.4 is 16.8 Å². The monoisotopic (exact) mass is 369 g/mol. The first-order chi connectivity index (χ1) is 12.5. The van der Waals surface area contributed by atoms with Gasteiger partial charge in [-0.25, -0.2) is 4.98 Å². The molecule has 1 atom stereocenters. The zero-order chi connectivity index (χ0) is 18.4. The van der Waals surface area contributed by atoms with Crippen molar-refractivity contribution >= 4 is 33.9 Å². The summed E-state index contributed by atoms with van der Waals surface area (Å²) in [7, 11) is 0. The molecule has 3 aromatic rings. The number of aromatic nitrogens is 3. The van der Waals surface area contributed by atoms with E-state index in [-0.39, 0.29) is 22.1 Å². The number of nitrogens with zero attached hydrogens (tertiary/aromatic N) is 3. The Kier molecular flexibility index (Phi) is 4.08. The van der Waals surface area contributed by atoms with Gasteiger partial charge in [-0.2, -0.15) is 0 Å². The molecule has 1 aliphatic rings. The lowest BCUT2D eigenvalue weighted by molar-refractivity contribution is 0.0968. The Balaban J connectivity index is 2.11. The van der Waals surface area contributed by atoms with Gasteiger partial charge in [0.15, 0.2) is 0 Å². The van der Waals surface area contributed by atoms with Crippen LogP contribution in [-0.2, 0) is 11.3 Å². The molecule has 0 spiro atoms. The van der Waals surface area contributed by atoms with Gasteiger partial charge in [-0.3, -0.25) is 14.6 Å². The molecule has 4 rings (SSSR count). The number of ether oxygens (including phenoxy) is 1. The van der Waals surface area contributed by atoms with Crippen molar-refractivity contribution in [2.75, 3.05) is 6.61 Å². The minimum Gasteiger partial charge on any atom is -0.389 e. The van der Waals surface area contributed by atoms with Gasteiger partial charge in [-0.1, -0.05) is 18.3 Å². The number of pyridine rings is 2. The molecule has 1 fully saturated rings. The number of hydrogen-bond acceptors (Lipinski definition) is 5. The quantitative estimate of drug-likeness (QED) is 0.535. The van der Waals surface area contributed by atoms with Crippen molar-refractivity contribution in [1.82, 2.24) is 14.0 Å². The Morgan fingerprint density at radius 1 is 1.50 bits per heavy atom. The molecule has 0 aromatic carbocycles. The van der Waals surface area contributed by atoms with E-state index < -0.39 is 0 Å². The average Bonchev–Trinajstić information content (AvgIpc) is 3.11. The lowest BCUT2D eigenvalue weighted by Crippen LogP contribution is -2.34. The average molecular weight is 369 g/mol. The Morgan fingerprint density at radius 3 is 3.00 bits per heavy atom. The smallest absolute Gasteiger partial charge is 0.267 e. The van der Waals surface area contributed by atoms with Crippen LogP contribution in [0.15, 0.2) is 29.2 Å². The fourth-order valence-corrected chi connectivity index (χ4v) is 3.61. The first-order valence-electron chi connectivity index (χ1n) is 8.49. The number of hydrogen-bond donors (Lipinski definition) is 2. The molecule has 1 aliphatic heterocycles. The maximum atomic E-state index is 13.0. The number of nitrogens with two attached hydrogens (primary N) is 1. The minimum atomic E-state index is -0.202. The van der Waals surface area contributed by atoms with E-state index >= 15 is 0 Å². The Bertz CT molecular complexity index is 1160. The molecule has 8 heteroatoms. The SMILES string of the molecule is Cc1cccn2c(=O)c3cc(C(N)=S)c(=N)n(CC4CCCO4)c3nc12. The van der Waals surface area contributed by atoms with Crippen LogP contribution in [0.1, 0.15) is 24.0 Å². The Hall–Kier alpha value is -2.58. The van der Waals surface area contributed by atoms with Crippen molar-refractivity contribution in [1.29, 1.82) is 5.41 Å². The highest BCUT2D eigenvalue weighted by atomic mass is 32.1. The third kappa shape index (κ3) is 2.62. The lowest BCUT2D eigenvalue weighted by atomic mass is 10.2. The fraction of sp³-hybridized carbons (Fsp3) is 0.333. The summed E-state index contributed by atoms with van der Waals surface area (Å²) in [6, 6.07) is 5.30. The first-order valence-corrected chi connectivity index (χ1v) is 8.89. The summed E-state index contributed by atoms with van der Waals surface area (Å²) in [6.07, 6.45) is 3.59. The number of rotatable bonds is 3. The molecule has 26 heavy (non-hydrogen) atoms. The van der Waals surface area contributed by atoms with Crippen LogP contribution in [0.5, 0.6) is 0 Å². The van der Waals surface area contributed by atoms with Gasteiger partial charge in [0, 0.05) is 12.8 Å². The van der Waals surface area contributed by atoms with Crippen LogP contribution in [0.2, 0.25) is 0 Å². The summed E-state index contributed by atoms with van der Waals surface area (Å²) in [5.74, 6) is 0. The summed E-state index contributed by atoms with van der Waals surface area (Å²) in [4.78, 5) is 17.8. The number of fused-ring (bicyclic) bond motifs is 2. The normalized spacial score (nSPS) is 17.2. The maximum absolute atomic E-state index is 13.0. The van der Waals surface area contributed by atoms with E-state index in [1.54, 1.807) is 16.8 Å². The predicted octanol–water partition coefficient (Wildman–Crippen LogP) is 1.25. The van der Waals surface area contributed by atoms with Crippen molar-refractivity contribution < 1.29 is 4.74 Å². The molecule has 0 radical (unpaired) electrons. The zero-order valence-electron chi connectivity index (χ0n) is 14.4. The van der Waals surface area contributed by atoms with E-state index in [9.17, 15) is 4.79 Å². The maximum Gasteiger partial charge on any atom is 0.267 e. The number of nitrogens with one attached hydrogen (secondary N) is 1. The van der Waals surface area contributed by atoms with Crippen molar-refractivity contribution in [2.24, 2.45) is 5.73 Å². The topological polar surface area (TPSA) is 98.4 Å². The largest absolute Gasteiger partial charge is 0.389 e. The Labute approximate surface area is 154 Å². The van der Waals surface area contributed by atoms with Crippen LogP contribution in [0.3, 0.4) is 0 Å². The van der Waals surface area contributed by atoms with Gasteiger partial charge in [0.05, 0.1) is 23.6 Å². The molecule has 3 aromatic heterocycles. The van der Waals surface area contributed by atoms with Crippen molar-refractivity contribution in [3.05, 3.63) is 51.4 Å². The highest BCUT2D eigenvalue weighted by molar-refractivity contribution is 7.80. The van der Waals surface area contributed by atoms with Crippen LogP contribution in [-0.4, -0.2) is 31.7 Å². The molecule has 1 unspecified atom stereocenters. The molecule has 4 heterocycles. The summed E-state index contributed by atoms with van der Waals surface area (Å²) < 4.78 is 8.94. The highest BCUT2D eigenvalue weighted by Gasteiger charge is 2.20. The Morgan fingerprint density at radius 2 is 2.31 bits per heavy atom. The third-order valence-corrected chi connectivity index (χ3v) is 5.03. The molecule has 3 N–H and O–H groups in total. The van der Waals surface area contributed by atoms with Crippen molar-refractivity contribution in [2.45, 2.75) is 32.4 Å². The zero-order valence-corrected chi connectivity index (χ0v) is 15.2. The van der Waals surface area contributed by atoms with Crippen LogP contribution in [0.25, 0.3) is 16.7 Å². The van der Waals surface area contributed by atoms with Gasteiger partial charge >= 0.3 is 0 Å². The summed E-state index contributed by atoms with van der Waals surface area (Å²) in [5.41, 5.74) is 8.06. The van der Waals surface area contributed by atoms with E-state index in [2.05, 4.69) is 0 Å². The van der Waals surface area contributed by atoms with Gasteiger partial charge in [0.1, 0.15) is 21.8 Å². The minimum absolute atomic E-state index is 0.00832.